The maximum atomic E-state index is 12.7. The third-order valence-corrected chi connectivity index (χ3v) is 8.49. The van der Waals surface area contributed by atoms with Gasteiger partial charge >= 0.3 is 0 Å². The van der Waals surface area contributed by atoms with Gasteiger partial charge in [-0.2, -0.15) is 10.1 Å². The molecule has 3 aromatic heterocycles. The van der Waals surface area contributed by atoms with Gasteiger partial charge in [0.05, 0.1) is 12.8 Å². The van der Waals surface area contributed by atoms with Crippen LogP contribution in [0.5, 0.6) is 5.75 Å². The zero-order chi connectivity index (χ0) is 22.3. The van der Waals surface area contributed by atoms with Crippen molar-refractivity contribution in [1.29, 1.82) is 0 Å². The standard InChI is InChI=1S/C20H28N8O3S/c1-3-31-18-16(14-8-22-23-9-14)4-7-28-19(18)25-20(26-28)24-17-5-6-27(12-13(17)2)32(29,30)15-10-21-11-15/h4,7-9,13,15,17,21H,3,5-6,10-12H2,1-2H3,(H,22,23)(H,24,26)/t13-,17+/m1/s1. The summed E-state index contributed by atoms with van der Waals surface area (Å²) in [6.07, 6.45) is 6.11. The number of ether oxygens (including phenoxy) is 1. The number of rotatable bonds is 7. The Morgan fingerprint density at radius 1 is 1.34 bits per heavy atom. The molecule has 0 aromatic carbocycles. The lowest BCUT2D eigenvalue weighted by Gasteiger charge is -2.39. The second-order valence-corrected chi connectivity index (χ2v) is 10.6. The van der Waals surface area contributed by atoms with E-state index in [1.807, 2.05) is 25.4 Å². The first-order valence-corrected chi connectivity index (χ1v) is 12.4. The Hall–Kier alpha value is -2.70. The van der Waals surface area contributed by atoms with E-state index < -0.39 is 10.0 Å². The zero-order valence-corrected chi connectivity index (χ0v) is 19.0. The van der Waals surface area contributed by atoms with Gasteiger partial charge in [-0.05, 0) is 25.3 Å². The monoisotopic (exact) mass is 460 g/mol. The SMILES string of the molecule is CCOc1c(-c2cn[nH]c2)ccn2nc(N[C@H]3CCN(S(=O)(=O)C4CNC4)C[C@H]3C)nc12. The van der Waals surface area contributed by atoms with Crippen LogP contribution < -0.4 is 15.4 Å². The molecule has 2 fully saturated rings. The maximum absolute atomic E-state index is 12.7. The molecule has 0 bridgehead atoms. The third kappa shape index (κ3) is 3.71. The number of nitrogens with zero attached hydrogens (tertiary/aromatic N) is 5. The first kappa shape index (κ1) is 21.2. The molecule has 11 nitrogen and oxygen atoms in total. The molecule has 32 heavy (non-hydrogen) atoms. The van der Waals surface area contributed by atoms with Crippen LogP contribution in [0, 0.1) is 5.92 Å². The minimum Gasteiger partial charge on any atom is -0.489 e. The summed E-state index contributed by atoms with van der Waals surface area (Å²) >= 11 is 0. The lowest BCUT2D eigenvalue weighted by molar-refractivity contribution is 0.255. The van der Waals surface area contributed by atoms with Gasteiger partial charge in [0.2, 0.25) is 16.0 Å². The van der Waals surface area contributed by atoms with Crippen molar-refractivity contribution in [1.82, 2.24) is 34.4 Å². The second-order valence-electron chi connectivity index (χ2n) is 8.38. The van der Waals surface area contributed by atoms with Gasteiger partial charge < -0.3 is 15.4 Å². The Labute approximate surface area is 186 Å². The summed E-state index contributed by atoms with van der Waals surface area (Å²) in [4.78, 5) is 4.69. The number of pyridine rings is 1. The zero-order valence-electron chi connectivity index (χ0n) is 18.2. The van der Waals surface area contributed by atoms with Crippen LogP contribution in [-0.2, 0) is 10.0 Å². The first-order valence-electron chi connectivity index (χ1n) is 10.9. The van der Waals surface area contributed by atoms with Crippen molar-refractivity contribution in [3.05, 3.63) is 24.7 Å². The Morgan fingerprint density at radius 2 is 2.19 bits per heavy atom. The van der Waals surface area contributed by atoms with Gasteiger partial charge in [0.15, 0.2) is 11.4 Å². The molecule has 3 N–H and O–H groups in total. The van der Waals surface area contributed by atoms with Gasteiger partial charge in [0.25, 0.3) is 0 Å². The fraction of sp³-hybridized carbons (Fsp3) is 0.550. The minimum atomic E-state index is -3.23. The van der Waals surface area contributed by atoms with Crippen molar-refractivity contribution in [3.63, 3.8) is 0 Å². The van der Waals surface area contributed by atoms with Crippen LogP contribution >= 0.6 is 0 Å². The predicted octanol–water partition coefficient (Wildman–Crippen LogP) is 0.942. The Balaban J connectivity index is 1.35. The molecule has 0 aliphatic carbocycles. The molecule has 0 saturated carbocycles. The average molecular weight is 461 g/mol. The number of piperidine rings is 1. The number of sulfonamides is 1. The summed E-state index contributed by atoms with van der Waals surface area (Å²) in [5, 5.41) is 17.6. The third-order valence-electron chi connectivity index (χ3n) is 6.27. The van der Waals surface area contributed by atoms with Crippen molar-refractivity contribution in [3.8, 4) is 16.9 Å². The topological polar surface area (TPSA) is 130 Å². The summed E-state index contributed by atoms with van der Waals surface area (Å²) < 4.78 is 34.7. The van der Waals surface area contributed by atoms with E-state index >= 15 is 0 Å². The molecule has 172 valence electrons. The molecule has 0 amide bonds. The smallest absolute Gasteiger partial charge is 0.243 e. The van der Waals surface area contributed by atoms with Crippen LogP contribution in [0.4, 0.5) is 5.95 Å². The number of hydrogen-bond acceptors (Lipinski definition) is 8. The highest BCUT2D eigenvalue weighted by Crippen LogP contribution is 2.33. The van der Waals surface area contributed by atoms with Gasteiger partial charge in [0.1, 0.15) is 5.25 Å². The molecule has 2 atom stereocenters. The number of nitrogens with one attached hydrogen (secondary N) is 3. The second kappa shape index (κ2) is 8.34. The van der Waals surface area contributed by atoms with Crippen molar-refractivity contribution in [2.45, 2.75) is 31.6 Å². The number of hydrogen-bond donors (Lipinski definition) is 3. The van der Waals surface area contributed by atoms with Crippen LogP contribution in [0.15, 0.2) is 24.7 Å². The molecule has 5 heterocycles. The van der Waals surface area contributed by atoms with Crippen LogP contribution in [0.25, 0.3) is 16.8 Å². The first-order chi connectivity index (χ1) is 15.5. The van der Waals surface area contributed by atoms with Crippen LogP contribution in [0.3, 0.4) is 0 Å². The van der Waals surface area contributed by atoms with E-state index in [4.69, 9.17) is 9.72 Å². The van der Waals surface area contributed by atoms with Crippen molar-refractivity contribution in [2.75, 3.05) is 38.1 Å². The summed E-state index contributed by atoms with van der Waals surface area (Å²) in [6, 6.07) is 2.02. The lowest BCUT2D eigenvalue weighted by atomic mass is 9.95. The molecule has 0 radical (unpaired) electrons. The van der Waals surface area contributed by atoms with Gasteiger partial charge in [-0.15, -0.1) is 5.10 Å². The number of anilines is 1. The highest BCUT2D eigenvalue weighted by Gasteiger charge is 2.40. The lowest BCUT2D eigenvalue weighted by Crippen LogP contribution is -2.58. The van der Waals surface area contributed by atoms with E-state index in [1.54, 1.807) is 15.0 Å². The van der Waals surface area contributed by atoms with E-state index in [0.29, 0.717) is 56.6 Å². The number of aromatic amines is 1. The molecule has 2 aliphatic rings. The summed E-state index contributed by atoms with van der Waals surface area (Å²) in [5.74, 6) is 1.29. The van der Waals surface area contributed by atoms with Crippen LogP contribution in [0.1, 0.15) is 20.3 Å². The summed E-state index contributed by atoms with van der Waals surface area (Å²) in [5.41, 5.74) is 2.43. The summed E-state index contributed by atoms with van der Waals surface area (Å²) in [6.45, 7) is 6.59. The van der Waals surface area contributed by atoms with E-state index in [0.717, 1.165) is 11.1 Å². The Kier molecular flexibility index (Phi) is 5.51. The Bertz CT molecular complexity index is 1190. The number of aromatic nitrogens is 5. The predicted molar refractivity (Wildman–Crippen MR) is 120 cm³/mol. The van der Waals surface area contributed by atoms with Gasteiger partial charge in [-0.1, -0.05) is 6.92 Å². The van der Waals surface area contributed by atoms with Crippen LogP contribution in [-0.4, -0.2) is 81.6 Å². The van der Waals surface area contributed by atoms with Gasteiger partial charge in [-0.3, -0.25) is 5.10 Å². The van der Waals surface area contributed by atoms with E-state index in [2.05, 4.69) is 32.9 Å². The van der Waals surface area contributed by atoms with Gasteiger partial charge in [-0.25, -0.2) is 17.2 Å². The highest BCUT2D eigenvalue weighted by atomic mass is 32.2. The highest BCUT2D eigenvalue weighted by molar-refractivity contribution is 7.89. The van der Waals surface area contributed by atoms with Crippen LogP contribution in [0.2, 0.25) is 0 Å². The van der Waals surface area contributed by atoms with Crippen molar-refractivity contribution >= 4 is 21.6 Å². The van der Waals surface area contributed by atoms with E-state index in [-0.39, 0.29) is 17.2 Å². The molecule has 3 aromatic rings. The number of H-pyrrole nitrogens is 1. The molecule has 0 unspecified atom stereocenters. The molecule has 2 aliphatic heterocycles. The van der Waals surface area contributed by atoms with Gasteiger partial charge in [0, 0.05) is 55.7 Å². The molecular weight excluding hydrogens is 432 g/mol. The average Bonchev–Trinajstić information content (AvgIpc) is 3.38. The minimum absolute atomic E-state index is 0.0854. The maximum Gasteiger partial charge on any atom is 0.243 e. The summed E-state index contributed by atoms with van der Waals surface area (Å²) in [7, 11) is -3.23. The normalized spacial score (nSPS) is 22.7. The Morgan fingerprint density at radius 3 is 2.84 bits per heavy atom. The van der Waals surface area contributed by atoms with E-state index in [9.17, 15) is 8.42 Å². The molecule has 5 rings (SSSR count). The van der Waals surface area contributed by atoms with Crippen molar-refractivity contribution < 1.29 is 13.2 Å². The molecule has 0 spiro atoms. The fourth-order valence-corrected chi connectivity index (χ4v) is 6.18. The molecule has 2 saturated heterocycles. The number of fused-ring (bicyclic) bond motifs is 1. The quantitative estimate of drug-likeness (QED) is 0.475. The fourth-order valence-electron chi connectivity index (χ4n) is 4.30. The largest absolute Gasteiger partial charge is 0.489 e. The van der Waals surface area contributed by atoms with Crippen molar-refractivity contribution in [2.24, 2.45) is 5.92 Å². The molecular formula is C20H28N8O3S. The van der Waals surface area contributed by atoms with E-state index in [1.165, 1.54) is 0 Å². The molecule has 12 heteroatoms.